The molecule has 4 nitrogen and oxygen atoms in total. The fraction of sp³-hybridized carbons (Fsp3) is 0.231. The number of nitrogens with one attached hydrogen (secondary N) is 2. The molecule has 1 aromatic carbocycles. The molecular weight excluding hydrogens is 214 g/mol. The van der Waals surface area contributed by atoms with E-state index in [2.05, 4.69) is 29.1 Å². The first-order valence-electron chi connectivity index (χ1n) is 5.57. The summed E-state index contributed by atoms with van der Waals surface area (Å²) in [6.45, 7) is 4.25. The first-order valence-corrected chi connectivity index (χ1v) is 5.57. The molecule has 4 heteroatoms. The van der Waals surface area contributed by atoms with Crippen LogP contribution in [0.5, 0.6) is 0 Å². The van der Waals surface area contributed by atoms with Crippen molar-refractivity contribution in [2.45, 2.75) is 19.8 Å². The van der Waals surface area contributed by atoms with Gasteiger partial charge in [-0.2, -0.15) is 0 Å². The lowest BCUT2D eigenvalue weighted by atomic mass is 10.0. The Morgan fingerprint density at radius 1 is 1.29 bits per heavy atom. The van der Waals surface area contributed by atoms with Crippen LogP contribution in [0.25, 0.3) is 0 Å². The molecule has 1 amide bonds. The quantitative estimate of drug-likeness (QED) is 0.850. The van der Waals surface area contributed by atoms with Gasteiger partial charge in [-0.25, -0.2) is 4.98 Å². The largest absolute Gasteiger partial charge is 0.331 e. The lowest BCUT2D eigenvalue weighted by Gasteiger charge is -2.06. The monoisotopic (exact) mass is 229 g/mol. The molecule has 0 saturated carbocycles. The van der Waals surface area contributed by atoms with Crippen molar-refractivity contribution in [1.29, 1.82) is 0 Å². The van der Waals surface area contributed by atoms with Crippen molar-refractivity contribution in [2.24, 2.45) is 0 Å². The smallest absolute Gasteiger partial charge is 0.257 e. The second-order valence-corrected chi connectivity index (χ2v) is 4.17. The predicted molar refractivity (Wildman–Crippen MR) is 67.1 cm³/mol. The van der Waals surface area contributed by atoms with E-state index in [1.165, 1.54) is 5.56 Å². The average molecular weight is 229 g/mol. The van der Waals surface area contributed by atoms with E-state index in [0.717, 1.165) is 0 Å². The SMILES string of the molecule is CC(C)c1ccc(C(=O)Nc2ncc[nH]2)cc1. The number of carbonyl (C=O) groups is 1. The molecule has 0 fully saturated rings. The molecular formula is C13H15N3O. The van der Waals surface area contributed by atoms with Gasteiger partial charge < -0.3 is 4.98 Å². The van der Waals surface area contributed by atoms with E-state index < -0.39 is 0 Å². The number of hydrogen-bond acceptors (Lipinski definition) is 2. The summed E-state index contributed by atoms with van der Waals surface area (Å²) in [6, 6.07) is 7.60. The molecule has 17 heavy (non-hydrogen) atoms. The van der Waals surface area contributed by atoms with Gasteiger partial charge in [0, 0.05) is 18.0 Å². The fourth-order valence-corrected chi connectivity index (χ4v) is 1.53. The summed E-state index contributed by atoms with van der Waals surface area (Å²) in [5, 5.41) is 2.68. The first kappa shape index (κ1) is 11.4. The number of carbonyl (C=O) groups excluding carboxylic acids is 1. The molecule has 0 bridgehead atoms. The van der Waals surface area contributed by atoms with E-state index in [-0.39, 0.29) is 5.91 Å². The zero-order valence-electron chi connectivity index (χ0n) is 9.90. The Kier molecular flexibility index (Phi) is 3.23. The third-order valence-electron chi connectivity index (χ3n) is 2.57. The fourth-order valence-electron chi connectivity index (χ4n) is 1.53. The maximum atomic E-state index is 11.8. The third-order valence-corrected chi connectivity index (χ3v) is 2.57. The first-order chi connectivity index (χ1) is 8.16. The van der Waals surface area contributed by atoms with E-state index in [9.17, 15) is 4.79 Å². The van der Waals surface area contributed by atoms with Gasteiger partial charge in [0.1, 0.15) is 0 Å². The maximum Gasteiger partial charge on any atom is 0.257 e. The predicted octanol–water partition coefficient (Wildman–Crippen LogP) is 2.79. The lowest BCUT2D eigenvalue weighted by Crippen LogP contribution is -2.12. The van der Waals surface area contributed by atoms with Crippen LogP contribution >= 0.6 is 0 Å². The molecule has 0 aliphatic rings. The molecule has 0 radical (unpaired) electrons. The number of hydrogen-bond donors (Lipinski definition) is 2. The van der Waals surface area contributed by atoms with E-state index in [4.69, 9.17) is 0 Å². The summed E-state index contributed by atoms with van der Waals surface area (Å²) in [5.41, 5.74) is 1.85. The van der Waals surface area contributed by atoms with Crippen LogP contribution in [-0.4, -0.2) is 15.9 Å². The molecule has 1 heterocycles. The number of H-pyrrole nitrogens is 1. The van der Waals surface area contributed by atoms with Crippen LogP contribution in [0.2, 0.25) is 0 Å². The summed E-state index contributed by atoms with van der Waals surface area (Å²) in [6.07, 6.45) is 3.26. The van der Waals surface area contributed by atoms with Gasteiger partial charge in [-0.15, -0.1) is 0 Å². The topological polar surface area (TPSA) is 57.8 Å². The average Bonchev–Trinajstić information content (AvgIpc) is 2.82. The van der Waals surface area contributed by atoms with Crippen molar-refractivity contribution < 1.29 is 4.79 Å². The Labute approximate surface area is 100 Å². The number of anilines is 1. The van der Waals surface area contributed by atoms with Gasteiger partial charge >= 0.3 is 0 Å². The molecule has 0 saturated heterocycles. The normalized spacial score (nSPS) is 10.5. The Bertz CT molecular complexity index is 486. The minimum Gasteiger partial charge on any atom is -0.331 e. The van der Waals surface area contributed by atoms with Gasteiger partial charge in [0.2, 0.25) is 5.95 Å². The molecule has 0 unspecified atom stereocenters. The van der Waals surface area contributed by atoms with E-state index in [1.807, 2.05) is 24.3 Å². The summed E-state index contributed by atoms with van der Waals surface area (Å²) in [4.78, 5) is 18.6. The number of amides is 1. The standard InChI is InChI=1S/C13H15N3O/c1-9(2)10-3-5-11(6-4-10)12(17)16-13-14-7-8-15-13/h3-9H,1-2H3,(H2,14,15,16,17). The molecule has 2 rings (SSSR count). The maximum absolute atomic E-state index is 11.8. The Hall–Kier alpha value is -2.10. The Balaban J connectivity index is 2.09. The van der Waals surface area contributed by atoms with Gasteiger partial charge in [0.05, 0.1) is 0 Å². The Morgan fingerprint density at radius 2 is 2.00 bits per heavy atom. The minimum absolute atomic E-state index is 0.157. The van der Waals surface area contributed by atoms with Crippen LogP contribution in [0.4, 0.5) is 5.95 Å². The molecule has 2 N–H and O–H groups in total. The molecule has 0 atom stereocenters. The van der Waals surface area contributed by atoms with Gasteiger partial charge in [-0.3, -0.25) is 10.1 Å². The molecule has 0 aliphatic carbocycles. The second kappa shape index (κ2) is 4.82. The third kappa shape index (κ3) is 2.72. The number of aromatic nitrogens is 2. The summed E-state index contributed by atoms with van der Waals surface area (Å²) < 4.78 is 0. The van der Waals surface area contributed by atoms with Crippen molar-refractivity contribution in [3.05, 3.63) is 47.8 Å². The highest BCUT2D eigenvalue weighted by Crippen LogP contribution is 2.15. The van der Waals surface area contributed by atoms with Crippen molar-refractivity contribution in [3.63, 3.8) is 0 Å². The molecule has 0 aliphatic heterocycles. The van der Waals surface area contributed by atoms with Crippen LogP contribution in [0.3, 0.4) is 0 Å². The summed E-state index contributed by atoms with van der Waals surface area (Å²) in [5.74, 6) is 0.773. The number of rotatable bonds is 3. The van der Waals surface area contributed by atoms with Gasteiger partial charge in [-0.05, 0) is 23.6 Å². The molecule has 88 valence electrons. The van der Waals surface area contributed by atoms with Crippen LogP contribution < -0.4 is 5.32 Å². The van der Waals surface area contributed by atoms with E-state index in [1.54, 1.807) is 12.4 Å². The zero-order chi connectivity index (χ0) is 12.3. The van der Waals surface area contributed by atoms with Gasteiger partial charge in [0.25, 0.3) is 5.91 Å². The number of benzene rings is 1. The highest BCUT2D eigenvalue weighted by molar-refractivity contribution is 6.03. The lowest BCUT2D eigenvalue weighted by molar-refractivity contribution is 0.102. The highest BCUT2D eigenvalue weighted by Gasteiger charge is 2.07. The molecule has 0 spiro atoms. The van der Waals surface area contributed by atoms with Crippen LogP contribution in [0.1, 0.15) is 35.7 Å². The summed E-state index contributed by atoms with van der Waals surface area (Å²) >= 11 is 0. The van der Waals surface area contributed by atoms with E-state index in [0.29, 0.717) is 17.4 Å². The van der Waals surface area contributed by atoms with Gasteiger partial charge in [0.15, 0.2) is 0 Å². The van der Waals surface area contributed by atoms with Crippen LogP contribution in [0, 0.1) is 0 Å². The number of aromatic amines is 1. The van der Waals surface area contributed by atoms with Crippen molar-refractivity contribution >= 4 is 11.9 Å². The highest BCUT2D eigenvalue weighted by atomic mass is 16.1. The minimum atomic E-state index is -0.157. The van der Waals surface area contributed by atoms with Crippen molar-refractivity contribution in [2.75, 3.05) is 5.32 Å². The Morgan fingerprint density at radius 3 is 2.53 bits per heavy atom. The number of imidazole rings is 1. The van der Waals surface area contributed by atoms with E-state index >= 15 is 0 Å². The van der Waals surface area contributed by atoms with Gasteiger partial charge in [-0.1, -0.05) is 26.0 Å². The van der Waals surface area contributed by atoms with Crippen LogP contribution in [-0.2, 0) is 0 Å². The molecule has 2 aromatic rings. The second-order valence-electron chi connectivity index (χ2n) is 4.17. The van der Waals surface area contributed by atoms with Crippen molar-refractivity contribution in [1.82, 2.24) is 9.97 Å². The zero-order valence-corrected chi connectivity index (χ0v) is 9.90. The molecule has 1 aromatic heterocycles. The van der Waals surface area contributed by atoms with Crippen molar-refractivity contribution in [3.8, 4) is 0 Å². The number of nitrogens with zero attached hydrogens (tertiary/aromatic N) is 1. The van der Waals surface area contributed by atoms with Crippen LogP contribution in [0.15, 0.2) is 36.7 Å². The summed E-state index contributed by atoms with van der Waals surface area (Å²) in [7, 11) is 0.